The first-order chi connectivity index (χ1) is 16.5. The second-order valence-electron chi connectivity index (χ2n) is 11.3. The van der Waals surface area contributed by atoms with Crippen LogP contribution < -0.4 is 0 Å². The molecule has 5 heteroatoms. The molecule has 0 heterocycles. The maximum absolute atomic E-state index is 14.1. The van der Waals surface area contributed by atoms with Crippen molar-refractivity contribution < 1.29 is 24.9 Å². The second-order valence-corrected chi connectivity index (χ2v) is 11.3. The van der Waals surface area contributed by atoms with E-state index < -0.39 is 34.3 Å². The molecule has 0 fully saturated rings. The predicted molar refractivity (Wildman–Crippen MR) is 148 cm³/mol. The van der Waals surface area contributed by atoms with Crippen LogP contribution in [-0.2, 0) is 9.59 Å². The van der Waals surface area contributed by atoms with Gasteiger partial charge in [0.2, 0.25) is 0 Å². The van der Waals surface area contributed by atoms with Crippen molar-refractivity contribution in [3.8, 4) is 0 Å². The molecule has 0 saturated heterocycles. The maximum atomic E-state index is 14.1. The zero-order valence-corrected chi connectivity index (χ0v) is 23.7. The second kappa shape index (κ2) is 12.5. The van der Waals surface area contributed by atoms with Gasteiger partial charge in [-0.05, 0) is 86.1 Å². The summed E-state index contributed by atoms with van der Waals surface area (Å²) < 4.78 is 0. The van der Waals surface area contributed by atoms with Gasteiger partial charge in [-0.15, -0.1) is 0 Å². The Kier molecular flexibility index (Phi) is 10.9. The van der Waals surface area contributed by atoms with Gasteiger partial charge < -0.3 is 15.3 Å². The zero-order chi connectivity index (χ0) is 28.0. The molecule has 0 aliphatic heterocycles. The molecule has 0 aromatic rings. The molecule has 0 amide bonds. The molecular weight excluding hydrogens is 452 g/mol. The number of hydrogen-bond acceptors (Lipinski definition) is 5. The standard InChI is InChI=1S/C31H46O5/c1-19(2)12-11-16-30(10,36)23(9)18-31(17-15-21(5)6)28(34)24(14-13-20(3)4)27(33)25(29(31)35)26(32)22(7)8/h12-13,15,22,33-34,36H,9,11,14,16-18H2,1-8,10H3. The zero-order valence-electron chi connectivity index (χ0n) is 23.7. The molecule has 2 unspecified atom stereocenters. The molecule has 0 bridgehead atoms. The van der Waals surface area contributed by atoms with E-state index in [-0.39, 0.29) is 36.2 Å². The summed E-state index contributed by atoms with van der Waals surface area (Å²) in [4.78, 5) is 27.2. The summed E-state index contributed by atoms with van der Waals surface area (Å²) >= 11 is 0. The first-order valence-electron chi connectivity index (χ1n) is 12.7. The van der Waals surface area contributed by atoms with E-state index in [1.807, 2.05) is 59.8 Å². The summed E-state index contributed by atoms with van der Waals surface area (Å²) in [5, 5.41) is 33.9. The van der Waals surface area contributed by atoms with Gasteiger partial charge in [0.25, 0.3) is 0 Å². The molecule has 1 aliphatic carbocycles. The van der Waals surface area contributed by atoms with E-state index in [2.05, 4.69) is 6.58 Å². The first kappa shape index (κ1) is 31.4. The molecular formula is C31H46O5. The van der Waals surface area contributed by atoms with E-state index in [1.54, 1.807) is 20.8 Å². The van der Waals surface area contributed by atoms with Crippen LogP contribution in [0.5, 0.6) is 0 Å². The van der Waals surface area contributed by atoms with Crippen LogP contribution in [0, 0.1) is 11.3 Å². The largest absolute Gasteiger partial charge is 0.511 e. The van der Waals surface area contributed by atoms with Gasteiger partial charge in [0, 0.05) is 11.5 Å². The molecule has 2 atom stereocenters. The highest BCUT2D eigenvalue weighted by molar-refractivity contribution is 6.24. The number of Topliss-reactive ketones (excluding diaryl/α,β-unsaturated/α-hetero) is 2. The highest BCUT2D eigenvalue weighted by Gasteiger charge is 2.52. The van der Waals surface area contributed by atoms with Crippen molar-refractivity contribution in [3.63, 3.8) is 0 Å². The Morgan fingerprint density at radius 3 is 2.00 bits per heavy atom. The minimum absolute atomic E-state index is 0.0518. The van der Waals surface area contributed by atoms with Crippen LogP contribution in [0.15, 0.2) is 69.8 Å². The van der Waals surface area contributed by atoms with E-state index in [1.165, 1.54) is 0 Å². The predicted octanol–water partition coefficient (Wildman–Crippen LogP) is 7.56. The molecule has 36 heavy (non-hydrogen) atoms. The number of carbonyl (C=O) groups is 2. The van der Waals surface area contributed by atoms with Gasteiger partial charge >= 0.3 is 0 Å². The number of hydrogen-bond donors (Lipinski definition) is 3. The van der Waals surface area contributed by atoms with Gasteiger partial charge in [-0.1, -0.05) is 55.4 Å². The highest BCUT2D eigenvalue weighted by Crippen LogP contribution is 2.49. The van der Waals surface area contributed by atoms with Gasteiger partial charge in [0.05, 0.1) is 11.0 Å². The lowest BCUT2D eigenvalue weighted by molar-refractivity contribution is -0.129. The van der Waals surface area contributed by atoms with Crippen molar-refractivity contribution in [2.24, 2.45) is 11.3 Å². The third-order valence-corrected chi connectivity index (χ3v) is 6.73. The molecule has 0 aromatic carbocycles. The van der Waals surface area contributed by atoms with Crippen LogP contribution in [0.25, 0.3) is 0 Å². The molecule has 5 nitrogen and oxygen atoms in total. The lowest BCUT2D eigenvalue weighted by atomic mass is 9.64. The average Bonchev–Trinajstić information content (AvgIpc) is 2.74. The van der Waals surface area contributed by atoms with Crippen molar-refractivity contribution >= 4 is 11.6 Å². The Morgan fingerprint density at radius 1 is 1.00 bits per heavy atom. The normalized spacial score (nSPS) is 19.7. The molecule has 1 rings (SSSR count). The topological polar surface area (TPSA) is 94.8 Å². The summed E-state index contributed by atoms with van der Waals surface area (Å²) in [6, 6.07) is 0. The van der Waals surface area contributed by atoms with Crippen LogP contribution in [0.1, 0.15) is 94.4 Å². The summed E-state index contributed by atoms with van der Waals surface area (Å²) in [5.74, 6) is -2.34. The Bertz CT molecular complexity index is 1030. The van der Waals surface area contributed by atoms with Crippen LogP contribution in [0.4, 0.5) is 0 Å². The van der Waals surface area contributed by atoms with Crippen LogP contribution in [-0.4, -0.2) is 32.5 Å². The number of carbonyl (C=O) groups excluding carboxylic acids is 2. The number of allylic oxidation sites excluding steroid dienone is 9. The quantitative estimate of drug-likeness (QED) is 0.191. The Labute approximate surface area is 217 Å². The third kappa shape index (κ3) is 7.42. The molecule has 0 spiro atoms. The fraction of sp³-hybridized carbons (Fsp3) is 0.548. The Balaban J connectivity index is 3.81. The Hall–Kier alpha value is -2.66. The van der Waals surface area contributed by atoms with E-state index in [0.717, 1.165) is 16.7 Å². The summed E-state index contributed by atoms with van der Waals surface area (Å²) in [5.41, 5.74) is 0.488. The van der Waals surface area contributed by atoms with Crippen molar-refractivity contribution in [1.29, 1.82) is 0 Å². The van der Waals surface area contributed by atoms with Crippen molar-refractivity contribution in [2.45, 2.75) is 100 Å². The fourth-order valence-electron chi connectivity index (χ4n) is 4.20. The smallest absolute Gasteiger partial charge is 0.184 e. The number of ketones is 2. The number of aliphatic hydroxyl groups excluding tert-OH is 2. The van der Waals surface area contributed by atoms with E-state index >= 15 is 0 Å². The third-order valence-electron chi connectivity index (χ3n) is 6.73. The van der Waals surface area contributed by atoms with E-state index in [9.17, 15) is 24.9 Å². The lowest BCUT2D eigenvalue weighted by Crippen LogP contribution is -2.43. The number of aliphatic hydroxyl groups is 3. The van der Waals surface area contributed by atoms with Gasteiger partial charge in [-0.3, -0.25) is 9.59 Å². The minimum Gasteiger partial charge on any atom is -0.511 e. The molecule has 3 N–H and O–H groups in total. The van der Waals surface area contributed by atoms with Crippen LogP contribution in [0.2, 0.25) is 0 Å². The first-order valence-corrected chi connectivity index (χ1v) is 12.7. The summed E-state index contributed by atoms with van der Waals surface area (Å²) in [6.45, 7) is 20.7. The SMILES string of the molecule is C=C(CC1(CC=C(C)C)C(=O)C(C(=O)C(C)C)=C(O)C(CC=C(C)C)=C1O)C(C)(O)CCC=C(C)C. The van der Waals surface area contributed by atoms with Crippen LogP contribution >= 0.6 is 0 Å². The molecule has 0 radical (unpaired) electrons. The van der Waals surface area contributed by atoms with E-state index in [0.29, 0.717) is 18.4 Å². The van der Waals surface area contributed by atoms with Crippen molar-refractivity contribution in [2.75, 3.05) is 0 Å². The van der Waals surface area contributed by atoms with E-state index in [4.69, 9.17) is 0 Å². The van der Waals surface area contributed by atoms with Gasteiger partial charge in [-0.2, -0.15) is 0 Å². The lowest BCUT2D eigenvalue weighted by Gasteiger charge is -2.39. The van der Waals surface area contributed by atoms with Gasteiger partial charge in [-0.25, -0.2) is 0 Å². The maximum Gasteiger partial charge on any atom is 0.184 e. The Morgan fingerprint density at radius 2 is 1.53 bits per heavy atom. The number of rotatable bonds is 12. The molecule has 1 aliphatic rings. The summed E-state index contributed by atoms with van der Waals surface area (Å²) in [7, 11) is 0. The van der Waals surface area contributed by atoms with Gasteiger partial charge in [0.1, 0.15) is 17.1 Å². The molecule has 200 valence electrons. The monoisotopic (exact) mass is 498 g/mol. The molecule has 0 saturated carbocycles. The van der Waals surface area contributed by atoms with Crippen LogP contribution in [0.3, 0.4) is 0 Å². The van der Waals surface area contributed by atoms with Crippen molar-refractivity contribution in [1.82, 2.24) is 0 Å². The highest BCUT2D eigenvalue weighted by atomic mass is 16.3. The average molecular weight is 499 g/mol. The minimum atomic E-state index is -1.55. The summed E-state index contributed by atoms with van der Waals surface area (Å²) in [6.07, 6.45) is 6.98. The van der Waals surface area contributed by atoms with Gasteiger partial charge in [0.15, 0.2) is 11.6 Å². The fourth-order valence-corrected chi connectivity index (χ4v) is 4.20. The molecule has 0 aromatic heterocycles. The van der Waals surface area contributed by atoms with Crippen molar-refractivity contribution in [3.05, 3.63) is 69.8 Å².